The number of hydrogen-bond donors (Lipinski definition) is 2. The molecule has 2 aromatic carbocycles. The molecule has 3 unspecified atom stereocenters. The van der Waals surface area contributed by atoms with Crippen molar-refractivity contribution in [1.29, 1.82) is 0 Å². The molecular weight excluding hydrogens is 624 g/mol. The highest BCUT2D eigenvalue weighted by Crippen LogP contribution is 2.64. The molecule has 0 aliphatic heterocycles. The zero-order valence-electron chi connectivity index (χ0n) is 29.2. The van der Waals surface area contributed by atoms with E-state index in [2.05, 4.69) is 26.0 Å². The number of fused-ring (bicyclic) bond motifs is 10. The summed E-state index contributed by atoms with van der Waals surface area (Å²) in [5.41, 5.74) is 5.23. The van der Waals surface area contributed by atoms with Gasteiger partial charge in [-0.05, 0) is 184 Å². The zero-order valence-corrected chi connectivity index (χ0v) is 30.0. The topological polar surface area (TPSA) is 94.5 Å². The van der Waals surface area contributed by atoms with E-state index in [-0.39, 0.29) is 34.5 Å². The average Bonchev–Trinajstić information content (AvgIpc) is 3.57. The first-order valence-corrected chi connectivity index (χ1v) is 19.9. The van der Waals surface area contributed by atoms with Gasteiger partial charge in [0, 0.05) is 0 Å². The van der Waals surface area contributed by atoms with E-state index in [1.165, 1.54) is 22.3 Å². The SMILES string of the molecule is CCOc1cc2c(cc1O)CC[C@@H]1[C@@H]2CC[C@]2(C)C(OS(=O)OC3CC[C@@H]4[C@H]5CCc6cc(O)c(OCC)cc6[C@@H]5CC[C@@]34C)CC[C@@H]12. The third-order valence-corrected chi connectivity index (χ3v) is 15.2. The molecule has 0 radical (unpaired) electrons. The number of phenolic OH excluding ortho intramolecular Hbond substituents is 2. The van der Waals surface area contributed by atoms with Crippen LogP contribution >= 0.6 is 0 Å². The fraction of sp³-hybridized carbons (Fsp3) is 0.700. The lowest BCUT2D eigenvalue weighted by Gasteiger charge is -2.51. The Balaban J connectivity index is 0.930. The quantitative estimate of drug-likeness (QED) is 0.289. The van der Waals surface area contributed by atoms with Gasteiger partial charge >= 0.3 is 11.4 Å². The van der Waals surface area contributed by atoms with Crippen LogP contribution in [0.2, 0.25) is 0 Å². The number of rotatable bonds is 8. The van der Waals surface area contributed by atoms with E-state index in [9.17, 15) is 14.4 Å². The number of aryl methyl sites for hydroxylation is 2. The highest BCUT2D eigenvalue weighted by atomic mass is 32.2. The van der Waals surface area contributed by atoms with E-state index in [4.69, 9.17) is 17.8 Å². The van der Waals surface area contributed by atoms with E-state index in [0.29, 0.717) is 60.2 Å². The molecule has 0 amide bonds. The van der Waals surface area contributed by atoms with Gasteiger partial charge in [-0.3, -0.25) is 8.37 Å². The first kappa shape index (κ1) is 32.9. The standard InChI is InChI=1S/C40H54O7S/c1-5-44-35-21-29-23(19-33(35)41)7-9-27-25(29)15-17-39(3)31(27)11-13-37(39)46-48(43)47-38-14-12-32-28-10-8-24-20-34(42)36(45-6-2)22-30(24)26(28)16-18-40(32,38)4/h19-22,25-28,31-32,37-38,41-42H,5-18H2,1-4H3/t25-,26+,27+,28-,31-,32+,37?,38?,39-,40+,48?. The predicted octanol–water partition coefficient (Wildman–Crippen LogP) is 8.66. The summed E-state index contributed by atoms with van der Waals surface area (Å²) in [7, 11) is 0. The van der Waals surface area contributed by atoms with Gasteiger partial charge in [-0.15, -0.1) is 0 Å². The van der Waals surface area contributed by atoms with Gasteiger partial charge in [0.1, 0.15) is 0 Å². The number of ether oxygens (including phenoxy) is 2. The monoisotopic (exact) mass is 678 g/mol. The molecule has 0 aromatic heterocycles. The molecule has 6 aliphatic carbocycles. The molecule has 4 saturated carbocycles. The van der Waals surface area contributed by atoms with Gasteiger partial charge in [0.25, 0.3) is 0 Å². The van der Waals surface area contributed by atoms with Crippen molar-refractivity contribution >= 4 is 11.4 Å². The minimum Gasteiger partial charge on any atom is -0.504 e. The maximum atomic E-state index is 13.7. The predicted molar refractivity (Wildman–Crippen MR) is 186 cm³/mol. The van der Waals surface area contributed by atoms with Crippen LogP contribution in [-0.4, -0.2) is 39.8 Å². The van der Waals surface area contributed by atoms with Gasteiger partial charge in [-0.1, -0.05) is 13.8 Å². The molecule has 0 saturated heterocycles. The Morgan fingerprint density at radius 2 is 1.10 bits per heavy atom. The van der Waals surface area contributed by atoms with Crippen LogP contribution in [0.3, 0.4) is 0 Å². The fourth-order valence-electron chi connectivity index (χ4n) is 12.1. The maximum absolute atomic E-state index is 13.7. The summed E-state index contributed by atoms with van der Waals surface area (Å²) in [5, 5.41) is 21.0. The summed E-state index contributed by atoms with van der Waals surface area (Å²) >= 11 is -1.78. The lowest BCUT2D eigenvalue weighted by molar-refractivity contribution is -0.0294. The Hall–Kier alpha value is -2.29. The molecule has 8 rings (SSSR count). The van der Waals surface area contributed by atoms with Crippen molar-refractivity contribution < 1.29 is 32.3 Å². The second-order valence-corrected chi connectivity index (χ2v) is 17.1. The van der Waals surface area contributed by atoms with Crippen LogP contribution in [-0.2, 0) is 32.6 Å². The fourth-order valence-corrected chi connectivity index (χ4v) is 13.2. The van der Waals surface area contributed by atoms with Crippen LogP contribution in [0, 0.1) is 34.5 Å². The van der Waals surface area contributed by atoms with E-state index in [1.54, 1.807) is 0 Å². The van der Waals surface area contributed by atoms with Gasteiger partial charge in [0.15, 0.2) is 23.0 Å². The average molecular weight is 679 g/mol. The molecule has 48 heavy (non-hydrogen) atoms. The van der Waals surface area contributed by atoms with Crippen molar-refractivity contribution in [1.82, 2.24) is 0 Å². The molecule has 2 N–H and O–H groups in total. The van der Waals surface area contributed by atoms with Crippen LogP contribution < -0.4 is 9.47 Å². The molecule has 11 atom stereocenters. The van der Waals surface area contributed by atoms with Gasteiger partial charge < -0.3 is 19.7 Å². The molecule has 0 heterocycles. The minimum atomic E-state index is -1.78. The molecule has 7 nitrogen and oxygen atoms in total. The molecule has 2 aromatic rings. The second-order valence-electron chi connectivity index (χ2n) is 16.4. The van der Waals surface area contributed by atoms with Crippen molar-refractivity contribution in [3.63, 3.8) is 0 Å². The number of hydrogen-bond acceptors (Lipinski definition) is 7. The van der Waals surface area contributed by atoms with Crippen LogP contribution in [0.1, 0.15) is 126 Å². The summed E-state index contributed by atoms with van der Waals surface area (Å²) < 4.78 is 38.2. The summed E-state index contributed by atoms with van der Waals surface area (Å²) in [6, 6.07) is 8.08. The third-order valence-electron chi connectivity index (χ3n) is 14.4. The lowest BCUT2D eigenvalue weighted by atomic mass is 9.55. The number of phenols is 2. The van der Waals surface area contributed by atoms with Gasteiger partial charge in [-0.2, -0.15) is 4.21 Å². The van der Waals surface area contributed by atoms with Crippen molar-refractivity contribution in [3.8, 4) is 23.0 Å². The first-order chi connectivity index (χ1) is 23.1. The molecule has 262 valence electrons. The van der Waals surface area contributed by atoms with Crippen molar-refractivity contribution in [2.24, 2.45) is 34.5 Å². The highest BCUT2D eigenvalue weighted by Gasteiger charge is 2.58. The Bertz CT molecular complexity index is 1460. The zero-order chi connectivity index (χ0) is 33.4. The minimum absolute atomic E-state index is 0.0121. The lowest BCUT2D eigenvalue weighted by Crippen LogP contribution is -2.46. The summed E-state index contributed by atoms with van der Waals surface area (Å²) in [5.74, 6) is 4.84. The maximum Gasteiger partial charge on any atom is 0.305 e. The largest absolute Gasteiger partial charge is 0.504 e. The molecule has 6 aliphatic rings. The van der Waals surface area contributed by atoms with Crippen molar-refractivity contribution in [2.45, 2.75) is 129 Å². The molecule has 8 heteroatoms. The van der Waals surface area contributed by atoms with E-state index in [0.717, 1.165) is 77.0 Å². The Morgan fingerprint density at radius 1 is 0.667 bits per heavy atom. The van der Waals surface area contributed by atoms with Crippen molar-refractivity contribution in [2.75, 3.05) is 13.2 Å². The van der Waals surface area contributed by atoms with Crippen LogP contribution in [0.25, 0.3) is 0 Å². The summed E-state index contributed by atoms with van der Waals surface area (Å²) in [4.78, 5) is 0. The van der Waals surface area contributed by atoms with Gasteiger partial charge in [-0.25, -0.2) is 0 Å². The van der Waals surface area contributed by atoms with Gasteiger partial charge in [0.05, 0.1) is 25.4 Å². The second kappa shape index (κ2) is 12.5. The summed E-state index contributed by atoms with van der Waals surface area (Å²) in [6.07, 6.45) is 12.4. The van der Waals surface area contributed by atoms with Crippen molar-refractivity contribution in [3.05, 3.63) is 46.5 Å². The summed E-state index contributed by atoms with van der Waals surface area (Å²) in [6.45, 7) is 9.75. The smallest absolute Gasteiger partial charge is 0.305 e. The number of benzene rings is 2. The molecular formula is C40H54O7S. The first-order valence-electron chi connectivity index (χ1n) is 18.9. The highest BCUT2D eigenvalue weighted by molar-refractivity contribution is 7.75. The molecule has 0 bridgehead atoms. The Kier molecular flexibility index (Phi) is 8.56. The van der Waals surface area contributed by atoms with E-state index >= 15 is 0 Å². The molecule has 4 fully saturated rings. The number of aromatic hydroxyl groups is 2. The Labute approximate surface area is 289 Å². The third kappa shape index (κ3) is 5.21. The molecule has 0 spiro atoms. The van der Waals surface area contributed by atoms with Crippen LogP contribution in [0.4, 0.5) is 0 Å². The van der Waals surface area contributed by atoms with Crippen LogP contribution in [0.15, 0.2) is 24.3 Å². The normalized spacial score (nSPS) is 38.5. The van der Waals surface area contributed by atoms with Crippen LogP contribution in [0.5, 0.6) is 23.0 Å². The Morgan fingerprint density at radius 3 is 1.52 bits per heavy atom. The van der Waals surface area contributed by atoms with E-state index in [1.807, 2.05) is 26.0 Å². The van der Waals surface area contributed by atoms with E-state index < -0.39 is 11.4 Å². The van der Waals surface area contributed by atoms with Gasteiger partial charge in [0.2, 0.25) is 0 Å².